The lowest BCUT2D eigenvalue weighted by atomic mass is 10.0. The minimum atomic E-state index is -1.13. The van der Waals surface area contributed by atoms with E-state index in [1.54, 1.807) is 0 Å². The number of hydrogen-bond acceptors (Lipinski definition) is 3. The molecule has 4 heteroatoms. The van der Waals surface area contributed by atoms with Gasteiger partial charge in [0.15, 0.2) is 0 Å². The average molecular weight is 195 g/mol. The molecule has 0 atom stereocenters. The molecule has 2 N–H and O–H groups in total. The van der Waals surface area contributed by atoms with Crippen molar-refractivity contribution in [2.45, 2.75) is 19.8 Å². The predicted molar refractivity (Wildman–Crippen MR) is 48.5 cm³/mol. The van der Waals surface area contributed by atoms with Gasteiger partial charge in [-0.2, -0.15) is 0 Å². The van der Waals surface area contributed by atoms with E-state index in [1.165, 1.54) is 6.07 Å². The highest BCUT2D eigenvalue weighted by molar-refractivity contribution is 5.90. The maximum Gasteiger partial charge on any atom is 0.335 e. The van der Waals surface area contributed by atoms with Crippen LogP contribution in [-0.2, 0) is 6.42 Å². The first-order valence-corrected chi connectivity index (χ1v) is 4.33. The molecular formula is C10H11O4-. The summed E-state index contributed by atoms with van der Waals surface area (Å²) in [4.78, 5) is 10.7. The van der Waals surface area contributed by atoms with Crippen LogP contribution in [0.3, 0.4) is 0 Å². The number of phenolic OH excluding ortho intramolecular Hbond substituents is 1. The number of benzene rings is 1. The van der Waals surface area contributed by atoms with Gasteiger partial charge in [-0.1, -0.05) is 19.1 Å². The Morgan fingerprint density at radius 1 is 1.50 bits per heavy atom. The van der Waals surface area contributed by atoms with Crippen molar-refractivity contribution in [2.24, 2.45) is 0 Å². The van der Waals surface area contributed by atoms with Crippen LogP contribution >= 0.6 is 0 Å². The van der Waals surface area contributed by atoms with Crippen molar-refractivity contribution in [1.82, 2.24) is 0 Å². The van der Waals surface area contributed by atoms with Gasteiger partial charge in [-0.05, 0) is 24.1 Å². The smallest absolute Gasteiger partial charge is 0.335 e. The zero-order chi connectivity index (χ0) is 10.7. The van der Waals surface area contributed by atoms with Gasteiger partial charge in [-0.15, -0.1) is 0 Å². The summed E-state index contributed by atoms with van der Waals surface area (Å²) in [5.41, 5.74) is 0.162. The Morgan fingerprint density at radius 3 is 2.64 bits per heavy atom. The fourth-order valence-corrected chi connectivity index (χ4v) is 1.31. The normalized spacial score (nSPS) is 10.1. The molecule has 1 aromatic rings. The summed E-state index contributed by atoms with van der Waals surface area (Å²) in [6.07, 6.45) is 1.04. The molecule has 0 fully saturated rings. The minimum Gasteiger partial charge on any atom is -0.870 e. The summed E-state index contributed by atoms with van der Waals surface area (Å²) >= 11 is 0. The van der Waals surface area contributed by atoms with Gasteiger partial charge < -0.3 is 15.3 Å². The Balaban J connectivity index is 3.29. The molecule has 0 heterocycles. The quantitative estimate of drug-likeness (QED) is 0.757. The number of phenols is 1. The molecule has 4 nitrogen and oxygen atoms in total. The van der Waals surface area contributed by atoms with Crippen molar-refractivity contribution in [3.63, 3.8) is 0 Å². The third-order valence-electron chi connectivity index (χ3n) is 1.97. The Hall–Kier alpha value is -1.71. The lowest BCUT2D eigenvalue weighted by Crippen LogP contribution is -2.06. The highest BCUT2D eigenvalue weighted by Crippen LogP contribution is 2.29. The fourth-order valence-electron chi connectivity index (χ4n) is 1.31. The summed E-state index contributed by atoms with van der Waals surface area (Å²) < 4.78 is 0. The molecule has 0 radical (unpaired) electrons. The molecule has 0 saturated carbocycles. The fraction of sp³-hybridized carbons (Fsp3) is 0.300. The van der Waals surface area contributed by atoms with Crippen molar-refractivity contribution >= 4 is 5.97 Å². The highest BCUT2D eigenvalue weighted by atomic mass is 16.4. The van der Waals surface area contributed by atoms with E-state index in [2.05, 4.69) is 0 Å². The van der Waals surface area contributed by atoms with Gasteiger partial charge in [-0.25, -0.2) is 4.79 Å². The van der Waals surface area contributed by atoms with Gasteiger partial charge in [0.1, 0.15) is 5.75 Å². The number of carbonyl (C=O) groups is 1. The van der Waals surface area contributed by atoms with Gasteiger partial charge in [-0.3, -0.25) is 0 Å². The van der Waals surface area contributed by atoms with Crippen LogP contribution in [-0.4, -0.2) is 16.2 Å². The maximum atomic E-state index is 11.4. The van der Waals surface area contributed by atoms with Crippen LogP contribution < -0.4 is 5.11 Å². The predicted octanol–water partition coefficient (Wildman–Crippen LogP) is 1.12. The Labute approximate surface area is 81.4 Å². The number of aromatic carboxylic acids is 1. The van der Waals surface area contributed by atoms with Crippen LogP contribution in [0.25, 0.3) is 0 Å². The molecular weight excluding hydrogens is 184 g/mol. The Kier molecular flexibility index (Phi) is 2.96. The molecule has 0 aromatic heterocycles. The largest absolute Gasteiger partial charge is 0.870 e. The van der Waals surface area contributed by atoms with Crippen LogP contribution in [0.2, 0.25) is 0 Å². The van der Waals surface area contributed by atoms with Gasteiger partial charge >= 0.3 is 5.97 Å². The standard InChI is InChI=1S/C10H12O4/c1-2-3-6-7(10(13)14)4-5-8(11)9(6)12/h4-5,11-12H,2-3H2,1H3,(H,13,14)/p-1. The van der Waals surface area contributed by atoms with Crippen molar-refractivity contribution < 1.29 is 20.1 Å². The van der Waals surface area contributed by atoms with Crippen molar-refractivity contribution in [3.8, 4) is 11.5 Å². The van der Waals surface area contributed by atoms with Crippen LogP contribution in [0.5, 0.6) is 11.5 Å². The summed E-state index contributed by atoms with van der Waals surface area (Å²) in [6.45, 7) is 1.84. The van der Waals surface area contributed by atoms with Crippen molar-refractivity contribution in [3.05, 3.63) is 23.3 Å². The zero-order valence-electron chi connectivity index (χ0n) is 7.78. The first kappa shape index (κ1) is 10.4. The lowest BCUT2D eigenvalue weighted by Gasteiger charge is -2.16. The molecule has 0 saturated heterocycles. The first-order valence-electron chi connectivity index (χ1n) is 4.33. The Bertz CT molecular complexity index is 357. The second-order valence-corrected chi connectivity index (χ2v) is 3.00. The van der Waals surface area contributed by atoms with Crippen LogP contribution in [0.15, 0.2) is 12.1 Å². The molecule has 0 aliphatic rings. The van der Waals surface area contributed by atoms with E-state index in [-0.39, 0.29) is 11.1 Å². The van der Waals surface area contributed by atoms with Gasteiger partial charge in [0.05, 0.1) is 5.56 Å². The number of carboxylic acids is 1. The molecule has 0 bridgehead atoms. The third-order valence-corrected chi connectivity index (χ3v) is 1.97. The van der Waals surface area contributed by atoms with E-state index >= 15 is 0 Å². The summed E-state index contributed by atoms with van der Waals surface area (Å²) in [7, 11) is 0. The minimum absolute atomic E-state index is 0.0188. The molecule has 0 spiro atoms. The average Bonchev–Trinajstić information content (AvgIpc) is 2.13. The summed E-state index contributed by atoms with van der Waals surface area (Å²) in [5, 5.41) is 29.3. The summed E-state index contributed by atoms with van der Waals surface area (Å²) in [6, 6.07) is 2.37. The van der Waals surface area contributed by atoms with E-state index < -0.39 is 17.5 Å². The number of hydrogen-bond donors (Lipinski definition) is 2. The van der Waals surface area contributed by atoms with Crippen LogP contribution in [0.4, 0.5) is 0 Å². The monoisotopic (exact) mass is 195 g/mol. The van der Waals surface area contributed by atoms with Crippen LogP contribution in [0.1, 0.15) is 29.3 Å². The molecule has 1 aromatic carbocycles. The molecule has 0 aliphatic carbocycles. The summed E-state index contributed by atoms with van der Waals surface area (Å²) in [5.74, 6) is -2.10. The van der Waals surface area contributed by atoms with E-state index in [0.717, 1.165) is 6.07 Å². The Morgan fingerprint density at radius 2 is 2.14 bits per heavy atom. The van der Waals surface area contributed by atoms with Gasteiger partial charge in [0, 0.05) is 0 Å². The second kappa shape index (κ2) is 4.00. The first-order chi connectivity index (χ1) is 6.57. The zero-order valence-corrected chi connectivity index (χ0v) is 7.78. The van der Waals surface area contributed by atoms with E-state index in [1.807, 2.05) is 6.92 Å². The molecule has 1 rings (SSSR count). The molecule has 14 heavy (non-hydrogen) atoms. The highest BCUT2D eigenvalue weighted by Gasteiger charge is 2.11. The van der Waals surface area contributed by atoms with Crippen molar-refractivity contribution in [2.75, 3.05) is 0 Å². The molecule has 0 unspecified atom stereocenters. The lowest BCUT2D eigenvalue weighted by molar-refractivity contribution is -0.271. The SMILES string of the molecule is CCCc1c(C(=O)O)ccc(O)c1[O-]. The topological polar surface area (TPSA) is 80.6 Å². The third kappa shape index (κ3) is 1.79. The molecule has 76 valence electrons. The number of carboxylic acid groups (broad SMARTS) is 1. The number of aromatic hydroxyl groups is 1. The molecule has 0 amide bonds. The second-order valence-electron chi connectivity index (χ2n) is 3.00. The van der Waals surface area contributed by atoms with Gasteiger partial charge in [0.2, 0.25) is 0 Å². The van der Waals surface area contributed by atoms with E-state index in [4.69, 9.17) is 10.2 Å². The number of rotatable bonds is 3. The van der Waals surface area contributed by atoms with Gasteiger partial charge in [0.25, 0.3) is 0 Å². The van der Waals surface area contributed by atoms with E-state index in [0.29, 0.717) is 12.8 Å². The van der Waals surface area contributed by atoms with Crippen molar-refractivity contribution in [1.29, 1.82) is 0 Å². The molecule has 0 aliphatic heterocycles. The maximum absolute atomic E-state index is 11.4. The van der Waals surface area contributed by atoms with E-state index in [9.17, 15) is 9.90 Å². The van der Waals surface area contributed by atoms with Crippen LogP contribution in [0, 0.1) is 0 Å².